The lowest BCUT2D eigenvalue weighted by Crippen LogP contribution is -2.38. The first-order valence-corrected chi connectivity index (χ1v) is 12.3. The maximum absolute atomic E-state index is 13.4. The van der Waals surface area contributed by atoms with Crippen molar-refractivity contribution in [3.63, 3.8) is 0 Å². The van der Waals surface area contributed by atoms with Crippen LogP contribution in [0.25, 0.3) is 33.5 Å². The summed E-state index contributed by atoms with van der Waals surface area (Å²) in [5.41, 5.74) is 5.52. The Morgan fingerprint density at radius 1 is 1.09 bits per heavy atom. The van der Waals surface area contributed by atoms with Crippen LogP contribution in [-0.4, -0.2) is 65.4 Å². The van der Waals surface area contributed by atoms with Crippen LogP contribution in [-0.2, 0) is 4.74 Å². The number of H-pyrrole nitrogens is 1. The van der Waals surface area contributed by atoms with Crippen LogP contribution in [0.2, 0.25) is 5.02 Å². The number of carbonyl (C=O) groups excluding carboxylic acids is 1. The van der Waals surface area contributed by atoms with Gasteiger partial charge >= 0.3 is 0 Å². The Bertz CT molecular complexity index is 1310. The topological polar surface area (TPSA) is 83.1 Å². The number of hydrogen-bond donors (Lipinski definition) is 2. The quantitative estimate of drug-likeness (QED) is 0.367. The number of carbonyl (C=O) groups is 1. The molecule has 0 saturated carbocycles. The van der Waals surface area contributed by atoms with Crippen molar-refractivity contribution in [2.45, 2.75) is 13.3 Å². The maximum Gasteiger partial charge on any atom is 0.252 e. The number of aromatic amines is 1. The third kappa shape index (κ3) is 5.37. The summed E-state index contributed by atoms with van der Waals surface area (Å²) in [5.74, 6) is -0.135. The number of aryl methyl sites for hydroxylation is 1. The average molecular weight is 490 g/mol. The molecule has 2 aromatic carbocycles. The van der Waals surface area contributed by atoms with E-state index in [4.69, 9.17) is 21.3 Å². The number of halogens is 1. The van der Waals surface area contributed by atoms with E-state index in [-0.39, 0.29) is 5.91 Å². The molecule has 0 atom stereocenters. The number of nitrogens with one attached hydrogen (secondary N) is 2. The van der Waals surface area contributed by atoms with Crippen molar-refractivity contribution in [1.29, 1.82) is 0 Å². The van der Waals surface area contributed by atoms with Gasteiger partial charge in [-0.05, 0) is 38.1 Å². The van der Waals surface area contributed by atoms with Gasteiger partial charge in [-0.15, -0.1) is 0 Å². The van der Waals surface area contributed by atoms with Gasteiger partial charge in [-0.2, -0.15) is 5.10 Å². The molecule has 1 saturated heterocycles. The maximum atomic E-state index is 13.4. The van der Waals surface area contributed by atoms with Gasteiger partial charge in [0.05, 0.1) is 35.6 Å². The Kier molecular flexibility index (Phi) is 7.08. The van der Waals surface area contributed by atoms with Gasteiger partial charge in [0.1, 0.15) is 0 Å². The number of fused-ring (bicyclic) bond motifs is 1. The monoisotopic (exact) mass is 489 g/mol. The summed E-state index contributed by atoms with van der Waals surface area (Å²) in [6.45, 7) is 7.01. The normalized spacial score (nSPS) is 14.3. The number of aromatic nitrogens is 3. The lowest BCUT2D eigenvalue weighted by Gasteiger charge is -2.26. The van der Waals surface area contributed by atoms with Crippen LogP contribution >= 0.6 is 11.6 Å². The van der Waals surface area contributed by atoms with E-state index < -0.39 is 0 Å². The molecule has 2 N–H and O–H groups in total. The first kappa shape index (κ1) is 23.5. The number of benzene rings is 2. The molecular formula is C27H28ClN5O2. The van der Waals surface area contributed by atoms with Crippen molar-refractivity contribution in [2.24, 2.45) is 0 Å². The molecule has 5 rings (SSSR count). The molecular weight excluding hydrogens is 462 g/mol. The third-order valence-electron chi connectivity index (χ3n) is 6.29. The highest BCUT2D eigenvalue weighted by Gasteiger charge is 2.20. The zero-order valence-corrected chi connectivity index (χ0v) is 20.4. The van der Waals surface area contributed by atoms with Gasteiger partial charge in [-0.3, -0.25) is 14.8 Å². The van der Waals surface area contributed by atoms with Gasteiger partial charge in [0.2, 0.25) is 0 Å². The summed E-state index contributed by atoms with van der Waals surface area (Å²) >= 11 is 6.09. The van der Waals surface area contributed by atoms with Crippen LogP contribution in [0.1, 0.15) is 22.3 Å². The van der Waals surface area contributed by atoms with Crippen LogP contribution in [0.5, 0.6) is 0 Å². The van der Waals surface area contributed by atoms with E-state index >= 15 is 0 Å². The minimum Gasteiger partial charge on any atom is -0.379 e. The number of amides is 1. The van der Waals surface area contributed by atoms with Crippen molar-refractivity contribution < 1.29 is 9.53 Å². The molecule has 1 fully saturated rings. The largest absolute Gasteiger partial charge is 0.379 e. The molecule has 0 bridgehead atoms. The molecule has 7 nitrogen and oxygen atoms in total. The third-order valence-corrected chi connectivity index (χ3v) is 6.54. The number of morpholine rings is 1. The van der Waals surface area contributed by atoms with Gasteiger partial charge in [0, 0.05) is 35.8 Å². The van der Waals surface area contributed by atoms with Gasteiger partial charge in [0.15, 0.2) is 5.65 Å². The number of pyridine rings is 1. The van der Waals surface area contributed by atoms with E-state index in [1.165, 1.54) is 0 Å². The highest BCUT2D eigenvalue weighted by atomic mass is 35.5. The van der Waals surface area contributed by atoms with E-state index in [9.17, 15) is 4.79 Å². The summed E-state index contributed by atoms with van der Waals surface area (Å²) < 4.78 is 5.41. The number of rotatable bonds is 7. The smallest absolute Gasteiger partial charge is 0.252 e. The molecule has 3 heterocycles. The first-order chi connectivity index (χ1) is 17.1. The molecule has 8 heteroatoms. The van der Waals surface area contributed by atoms with E-state index in [2.05, 4.69) is 20.4 Å². The Labute approximate surface area is 209 Å². The van der Waals surface area contributed by atoms with Gasteiger partial charge in [-0.1, -0.05) is 53.6 Å². The van der Waals surface area contributed by atoms with E-state index in [0.29, 0.717) is 33.9 Å². The SMILES string of the molecule is Cc1ccc(-c2cc(C(=O)NCCCN3CCOCC3)c3c(-c4ccc(Cl)cc4)[nH]nc3n2)cc1. The molecule has 4 aromatic rings. The fourth-order valence-corrected chi connectivity index (χ4v) is 4.45. The van der Waals surface area contributed by atoms with Crippen LogP contribution in [0, 0.1) is 6.92 Å². The van der Waals surface area contributed by atoms with Crippen molar-refractivity contribution in [3.05, 3.63) is 70.7 Å². The van der Waals surface area contributed by atoms with Crippen LogP contribution in [0.4, 0.5) is 0 Å². The summed E-state index contributed by atoms with van der Waals surface area (Å²) in [6, 6.07) is 17.4. The molecule has 0 radical (unpaired) electrons. The molecule has 2 aromatic heterocycles. The Hall–Kier alpha value is -3.26. The molecule has 1 aliphatic rings. The van der Waals surface area contributed by atoms with Crippen molar-refractivity contribution in [2.75, 3.05) is 39.4 Å². The van der Waals surface area contributed by atoms with Crippen molar-refractivity contribution in [3.8, 4) is 22.5 Å². The Morgan fingerprint density at radius 2 is 1.80 bits per heavy atom. The predicted octanol–water partition coefficient (Wildman–Crippen LogP) is 4.71. The second-order valence-electron chi connectivity index (χ2n) is 8.79. The van der Waals surface area contributed by atoms with E-state index in [0.717, 1.165) is 61.7 Å². The molecule has 0 spiro atoms. The first-order valence-electron chi connectivity index (χ1n) is 11.9. The molecule has 0 unspecified atom stereocenters. The number of nitrogens with zero attached hydrogens (tertiary/aromatic N) is 3. The zero-order valence-electron chi connectivity index (χ0n) is 19.7. The predicted molar refractivity (Wildman–Crippen MR) is 139 cm³/mol. The second-order valence-corrected chi connectivity index (χ2v) is 9.23. The number of ether oxygens (including phenoxy) is 1. The van der Waals surface area contributed by atoms with Gasteiger partial charge in [0.25, 0.3) is 5.91 Å². The summed E-state index contributed by atoms with van der Waals surface area (Å²) in [6.07, 6.45) is 0.875. The van der Waals surface area contributed by atoms with E-state index in [1.807, 2.05) is 61.5 Å². The molecule has 0 aliphatic carbocycles. The Balaban J connectivity index is 1.45. The summed E-state index contributed by atoms with van der Waals surface area (Å²) in [7, 11) is 0. The lowest BCUT2D eigenvalue weighted by molar-refractivity contribution is 0.0374. The fourth-order valence-electron chi connectivity index (χ4n) is 4.33. The van der Waals surface area contributed by atoms with Crippen molar-refractivity contribution >= 4 is 28.5 Å². The summed E-state index contributed by atoms with van der Waals surface area (Å²) in [4.78, 5) is 20.6. The Morgan fingerprint density at radius 3 is 2.54 bits per heavy atom. The average Bonchev–Trinajstić information content (AvgIpc) is 3.31. The van der Waals surface area contributed by atoms with Crippen LogP contribution in [0.3, 0.4) is 0 Å². The van der Waals surface area contributed by atoms with Crippen LogP contribution < -0.4 is 5.32 Å². The molecule has 1 amide bonds. The number of hydrogen-bond acceptors (Lipinski definition) is 5. The van der Waals surface area contributed by atoms with Gasteiger partial charge < -0.3 is 10.1 Å². The highest BCUT2D eigenvalue weighted by Crippen LogP contribution is 2.32. The lowest BCUT2D eigenvalue weighted by atomic mass is 10.0. The second kappa shape index (κ2) is 10.6. The highest BCUT2D eigenvalue weighted by molar-refractivity contribution is 6.30. The summed E-state index contributed by atoms with van der Waals surface area (Å²) in [5, 5.41) is 12.0. The standard InChI is InChI=1S/C27H28ClN5O2/c1-18-3-5-19(6-4-18)23-17-22(27(34)29-11-2-12-33-13-15-35-16-14-33)24-25(31-32-26(24)30-23)20-7-9-21(28)10-8-20/h3-10,17H,2,11-16H2,1H3,(H,29,34)(H,30,31,32). The van der Waals surface area contributed by atoms with Gasteiger partial charge in [-0.25, -0.2) is 4.98 Å². The minimum absolute atomic E-state index is 0.135. The fraction of sp³-hybridized carbons (Fsp3) is 0.296. The van der Waals surface area contributed by atoms with E-state index in [1.54, 1.807) is 0 Å². The van der Waals surface area contributed by atoms with Crippen LogP contribution in [0.15, 0.2) is 54.6 Å². The molecule has 180 valence electrons. The van der Waals surface area contributed by atoms with Crippen molar-refractivity contribution in [1.82, 2.24) is 25.4 Å². The minimum atomic E-state index is -0.135. The zero-order chi connectivity index (χ0) is 24.2. The molecule has 1 aliphatic heterocycles. The molecule has 35 heavy (non-hydrogen) atoms.